The van der Waals surface area contributed by atoms with Gasteiger partial charge in [-0.3, -0.25) is 4.79 Å². The fraction of sp³-hybridized carbons (Fsp3) is 0.885. The largest absolute Gasteiger partial charge is 0.467 e. The number of amides is 1. The van der Waals surface area contributed by atoms with Crippen LogP contribution in [-0.2, 0) is 23.7 Å². The number of aliphatic hydroxyl groups is 3. The number of nitrogens with one attached hydrogen (secondary N) is 3. The molecule has 0 spiro atoms. The fourth-order valence-corrected chi connectivity index (χ4v) is 5.61. The third kappa shape index (κ3) is 8.55. The third-order valence-electron chi connectivity index (χ3n) is 8.07. The first-order valence-electron chi connectivity index (χ1n) is 14.6. The van der Waals surface area contributed by atoms with Crippen LogP contribution >= 0.6 is 0 Å². The Morgan fingerprint density at radius 3 is 2.52 bits per heavy atom. The Bertz CT molecular complexity index is 879. The van der Waals surface area contributed by atoms with Gasteiger partial charge in [0.1, 0.15) is 36.3 Å². The van der Waals surface area contributed by atoms with Crippen molar-refractivity contribution in [3.63, 3.8) is 0 Å². The average Bonchev–Trinajstić information content (AvgIpc) is 2.98. The Kier molecular flexibility index (Phi) is 13.7. The second-order valence-electron chi connectivity index (χ2n) is 11.2. The number of alkyl halides is 1. The van der Waals surface area contributed by atoms with E-state index in [0.29, 0.717) is 25.3 Å². The molecule has 1 aliphatic carbocycles. The van der Waals surface area contributed by atoms with E-state index in [4.69, 9.17) is 41.9 Å². The zero-order chi connectivity index (χ0) is 31.0. The Morgan fingerprint density at radius 1 is 1.17 bits per heavy atom. The fourth-order valence-electron chi connectivity index (χ4n) is 5.61. The molecule has 3 unspecified atom stereocenters. The summed E-state index contributed by atoms with van der Waals surface area (Å²) in [6.45, 7) is 2.85. The van der Waals surface area contributed by atoms with Crippen LogP contribution in [0.2, 0.25) is 0 Å². The molecule has 0 aromatic rings. The summed E-state index contributed by atoms with van der Waals surface area (Å²) in [5, 5.41) is 41.5. The second-order valence-corrected chi connectivity index (χ2v) is 11.2. The van der Waals surface area contributed by atoms with E-state index in [1.165, 1.54) is 0 Å². The van der Waals surface area contributed by atoms with Crippen LogP contribution in [0.4, 0.5) is 4.39 Å². The highest BCUT2D eigenvalue weighted by molar-refractivity contribution is 5.81. The predicted molar refractivity (Wildman–Crippen MR) is 150 cm³/mol. The van der Waals surface area contributed by atoms with Crippen molar-refractivity contribution >= 4 is 5.91 Å². The van der Waals surface area contributed by atoms with Gasteiger partial charge in [-0.1, -0.05) is 6.92 Å². The molecule has 1 amide bonds. The van der Waals surface area contributed by atoms with Crippen molar-refractivity contribution in [2.75, 3.05) is 39.8 Å². The highest BCUT2D eigenvalue weighted by Crippen LogP contribution is 2.31. The minimum Gasteiger partial charge on any atom is -0.467 e. The van der Waals surface area contributed by atoms with E-state index in [1.807, 2.05) is 13.0 Å². The smallest absolute Gasteiger partial charge is 0.252 e. The molecule has 3 rings (SSSR count). The lowest BCUT2D eigenvalue weighted by atomic mass is 9.83. The first-order valence-corrected chi connectivity index (χ1v) is 14.6. The summed E-state index contributed by atoms with van der Waals surface area (Å²) in [5.41, 5.74) is 23.2. The number of likely N-dealkylation sites (N-methyl/N-ethyl adjacent to an activating group) is 1. The molecule has 1 saturated carbocycles. The van der Waals surface area contributed by atoms with Crippen LogP contribution in [0, 0.1) is 5.92 Å². The predicted octanol–water partition coefficient (Wildman–Crippen LogP) is -4.17. The summed E-state index contributed by atoms with van der Waals surface area (Å²) in [6.07, 6.45) is -7.80. The molecule has 0 aromatic heterocycles. The van der Waals surface area contributed by atoms with Crippen LogP contribution in [0.15, 0.2) is 11.8 Å². The van der Waals surface area contributed by atoms with Gasteiger partial charge in [-0.25, -0.2) is 4.39 Å². The van der Waals surface area contributed by atoms with Crippen molar-refractivity contribution in [2.45, 2.75) is 99.6 Å². The molecule has 42 heavy (non-hydrogen) atoms. The molecule has 0 bridgehead atoms. The van der Waals surface area contributed by atoms with E-state index in [-0.39, 0.29) is 37.6 Å². The summed E-state index contributed by atoms with van der Waals surface area (Å²) >= 11 is 0. The zero-order valence-corrected chi connectivity index (χ0v) is 24.3. The number of ether oxygens (including phenoxy) is 4. The highest BCUT2D eigenvalue weighted by atomic mass is 19.1. The van der Waals surface area contributed by atoms with Crippen molar-refractivity contribution in [3.8, 4) is 0 Å². The maximum atomic E-state index is 14.0. The molecule has 16 heteroatoms. The Balaban J connectivity index is 1.83. The summed E-state index contributed by atoms with van der Waals surface area (Å²) in [6, 6.07) is -2.52. The average molecular weight is 608 g/mol. The summed E-state index contributed by atoms with van der Waals surface area (Å²) in [4.78, 5) is 12.7. The van der Waals surface area contributed by atoms with Crippen LogP contribution in [0.1, 0.15) is 26.2 Å². The van der Waals surface area contributed by atoms with E-state index in [9.17, 15) is 24.5 Å². The van der Waals surface area contributed by atoms with E-state index in [0.717, 1.165) is 6.42 Å². The number of halogens is 1. The van der Waals surface area contributed by atoms with Crippen molar-refractivity contribution in [1.82, 2.24) is 16.0 Å². The zero-order valence-electron chi connectivity index (χ0n) is 24.3. The number of carbonyl (C=O) groups is 1. The standard InChI is InChI=1S/C26H50FN7O8/c1-12-11-39-26(20(36)18(12)32-2)42-23-17(34-24(38)19(35)14(27)10-30)8-15(31)22(21(23)37)41-25-16(33-7-3-6-28)5-4-13(9-29)40-25/h4,12,14-23,25-26,32-33,35-37H,3,5-11,28-31H2,1-2H3,(H,34,38)/t12-,14?,15+,16-,17-,18+,19?,20-,21+,22?,23+,25-,26-/m1/s1. The molecule has 2 fully saturated rings. The minimum atomic E-state index is -2.04. The molecule has 3 aliphatic rings. The van der Waals surface area contributed by atoms with Crippen LogP contribution in [0.3, 0.4) is 0 Å². The third-order valence-corrected chi connectivity index (χ3v) is 8.07. The summed E-state index contributed by atoms with van der Waals surface area (Å²) < 4.78 is 38.1. The van der Waals surface area contributed by atoms with Crippen LogP contribution in [0.5, 0.6) is 0 Å². The molecule has 2 heterocycles. The molecule has 1 saturated heterocycles. The Hall–Kier alpha value is -1.54. The molecular weight excluding hydrogens is 557 g/mol. The minimum absolute atomic E-state index is 0.0106. The maximum Gasteiger partial charge on any atom is 0.252 e. The van der Waals surface area contributed by atoms with E-state index >= 15 is 0 Å². The van der Waals surface area contributed by atoms with Gasteiger partial charge in [-0.05, 0) is 51.4 Å². The number of rotatable bonds is 14. The Morgan fingerprint density at radius 2 is 1.88 bits per heavy atom. The van der Waals surface area contributed by atoms with Crippen molar-refractivity contribution in [1.29, 1.82) is 0 Å². The number of nitrogens with two attached hydrogens (primary N) is 4. The quantitative estimate of drug-likeness (QED) is 0.0841. The van der Waals surface area contributed by atoms with Gasteiger partial charge in [-0.15, -0.1) is 0 Å². The van der Waals surface area contributed by atoms with Gasteiger partial charge in [0.25, 0.3) is 5.91 Å². The monoisotopic (exact) mass is 607 g/mol. The number of aliphatic hydroxyl groups excluding tert-OH is 3. The first kappa shape index (κ1) is 34.9. The number of hydrogen-bond donors (Lipinski definition) is 10. The van der Waals surface area contributed by atoms with Gasteiger partial charge in [0.15, 0.2) is 12.4 Å². The molecule has 0 aromatic carbocycles. The Labute approximate surface area is 245 Å². The van der Waals surface area contributed by atoms with Gasteiger partial charge in [0.2, 0.25) is 6.29 Å². The second kappa shape index (κ2) is 16.5. The van der Waals surface area contributed by atoms with Crippen molar-refractivity contribution in [2.24, 2.45) is 28.9 Å². The lowest BCUT2D eigenvalue weighted by Crippen LogP contribution is -2.68. The van der Waals surface area contributed by atoms with Gasteiger partial charge < -0.3 is 73.2 Å². The van der Waals surface area contributed by atoms with E-state index in [2.05, 4.69) is 16.0 Å². The summed E-state index contributed by atoms with van der Waals surface area (Å²) in [5.74, 6) is -0.560. The van der Waals surface area contributed by atoms with Gasteiger partial charge in [-0.2, -0.15) is 0 Å². The number of hydrogen-bond acceptors (Lipinski definition) is 14. The molecule has 0 radical (unpaired) electrons. The topological polar surface area (TPSA) is 255 Å². The number of carbonyl (C=O) groups excluding carboxylic acids is 1. The maximum absolute atomic E-state index is 14.0. The van der Waals surface area contributed by atoms with Crippen LogP contribution in [0.25, 0.3) is 0 Å². The molecule has 15 nitrogen and oxygen atoms in total. The highest BCUT2D eigenvalue weighted by Gasteiger charge is 2.50. The van der Waals surface area contributed by atoms with E-state index in [1.54, 1.807) is 7.05 Å². The summed E-state index contributed by atoms with van der Waals surface area (Å²) in [7, 11) is 1.70. The normalized spacial score (nSPS) is 38.7. The van der Waals surface area contributed by atoms with Crippen molar-refractivity contribution in [3.05, 3.63) is 11.8 Å². The molecule has 2 aliphatic heterocycles. The molecule has 13 atom stereocenters. The SMILES string of the molecule is CN[C@@H]1[C@@H](O)[C@@H](O[C@H]2[C@H](NC(=O)C(O)C(F)CN)C[C@H](N)C(O[C@H]3OC(CN)=CC[C@H]3NCCCN)[C@@H]2O)OC[C@H]1C. The van der Waals surface area contributed by atoms with Crippen molar-refractivity contribution < 1.29 is 43.5 Å². The van der Waals surface area contributed by atoms with Crippen LogP contribution in [-0.4, -0.2) is 134 Å². The van der Waals surface area contributed by atoms with Gasteiger partial charge >= 0.3 is 0 Å². The molecular formula is C26H50FN7O8. The van der Waals surface area contributed by atoms with Crippen LogP contribution < -0.4 is 38.9 Å². The molecule has 14 N–H and O–H groups in total. The first-order chi connectivity index (χ1) is 20.1. The molecule has 244 valence electrons. The lowest BCUT2D eigenvalue weighted by molar-refractivity contribution is -0.287. The van der Waals surface area contributed by atoms with Gasteiger partial charge in [0.05, 0.1) is 25.2 Å². The lowest BCUT2D eigenvalue weighted by Gasteiger charge is -2.48. The van der Waals surface area contributed by atoms with Gasteiger partial charge in [0, 0.05) is 18.6 Å². The van der Waals surface area contributed by atoms with E-state index < -0.39 is 73.8 Å².